The molecular weight excluding hydrogens is 178 g/mol. The third-order valence-corrected chi connectivity index (χ3v) is 2.78. The number of terminal acetylenes is 1. The molecule has 0 aromatic heterocycles. The van der Waals surface area contributed by atoms with Crippen molar-refractivity contribution in [3.05, 3.63) is 0 Å². The van der Waals surface area contributed by atoms with Gasteiger partial charge in [0.15, 0.2) is 0 Å². The van der Waals surface area contributed by atoms with Crippen molar-refractivity contribution < 1.29 is 9.90 Å². The molecule has 0 atom stereocenters. The van der Waals surface area contributed by atoms with Crippen molar-refractivity contribution in [3.8, 4) is 12.3 Å². The third kappa shape index (κ3) is 2.74. The van der Waals surface area contributed by atoms with E-state index in [1.807, 2.05) is 0 Å². The van der Waals surface area contributed by atoms with E-state index >= 15 is 0 Å². The molecular formula is C11H17NO2. The average Bonchev–Trinajstić information content (AvgIpc) is 2.19. The summed E-state index contributed by atoms with van der Waals surface area (Å²) in [5.74, 6) is 2.16. The Morgan fingerprint density at radius 3 is 2.57 bits per heavy atom. The molecule has 78 valence electrons. The summed E-state index contributed by atoms with van der Waals surface area (Å²) in [5.41, 5.74) is -0.397. The van der Waals surface area contributed by atoms with E-state index in [2.05, 4.69) is 11.2 Å². The van der Waals surface area contributed by atoms with E-state index in [1.54, 1.807) is 0 Å². The monoisotopic (exact) mass is 195 g/mol. The molecule has 0 saturated heterocycles. The lowest BCUT2D eigenvalue weighted by atomic mass is 9.82. The lowest BCUT2D eigenvalue weighted by molar-refractivity contribution is -0.123. The minimum Gasteiger partial charge on any atom is -0.394 e. The van der Waals surface area contributed by atoms with Crippen molar-refractivity contribution in [1.82, 2.24) is 5.32 Å². The first kappa shape index (κ1) is 11.1. The van der Waals surface area contributed by atoms with Gasteiger partial charge in [0.25, 0.3) is 0 Å². The molecule has 0 heterocycles. The summed E-state index contributed by atoms with van der Waals surface area (Å²) in [4.78, 5) is 11.3. The van der Waals surface area contributed by atoms with Gasteiger partial charge in [0.2, 0.25) is 5.91 Å². The first-order valence-corrected chi connectivity index (χ1v) is 5.08. The maximum Gasteiger partial charge on any atom is 0.232 e. The summed E-state index contributed by atoms with van der Waals surface area (Å²) < 4.78 is 0. The average molecular weight is 195 g/mol. The minimum atomic E-state index is -0.397. The Morgan fingerprint density at radius 2 is 2.07 bits per heavy atom. The van der Waals surface area contributed by atoms with Crippen LogP contribution in [-0.4, -0.2) is 23.2 Å². The molecule has 1 aliphatic carbocycles. The number of nitrogens with one attached hydrogen (secondary N) is 1. The van der Waals surface area contributed by atoms with Gasteiger partial charge in [0.1, 0.15) is 0 Å². The molecule has 0 bridgehead atoms. The van der Waals surface area contributed by atoms with Crippen LogP contribution in [0, 0.1) is 12.3 Å². The second kappa shape index (κ2) is 5.02. The van der Waals surface area contributed by atoms with Crippen LogP contribution in [-0.2, 0) is 4.79 Å². The standard InChI is InChI=1S/C11H17NO2/c1-2-6-10(14)12-11(9-13)7-4-3-5-8-11/h1,13H,3-9H2,(H,12,14). The second-order valence-electron chi connectivity index (χ2n) is 3.93. The molecule has 0 aromatic carbocycles. The molecule has 0 radical (unpaired) electrons. The summed E-state index contributed by atoms with van der Waals surface area (Å²) in [7, 11) is 0. The Labute approximate surface area is 84.9 Å². The van der Waals surface area contributed by atoms with Gasteiger partial charge >= 0.3 is 0 Å². The molecule has 3 nitrogen and oxygen atoms in total. The van der Waals surface area contributed by atoms with E-state index < -0.39 is 5.54 Å². The molecule has 3 heteroatoms. The summed E-state index contributed by atoms with van der Waals surface area (Å²) in [6.45, 7) is 0.0172. The summed E-state index contributed by atoms with van der Waals surface area (Å²) in [6.07, 6.45) is 10.2. The predicted molar refractivity (Wildman–Crippen MR) is 54.5 cm³/mol. The Hall–Kier alpha value is -1.01. The summed E-state index contributed by atoms with van der Waals surface area (Å²) >= 11 is 0. The quantitative estimate of drug-likeness (QED) is 0.655. The van der Waals surface area contributed by atoms with E-state index in [0.717, 1.165) is 25.7 Å². The molecule has 14 heavy (non-hydrogen) atoms. The molecule has 2 N–H and O–H groups in total. The van der Waals surface area contributed by atoms with E-state index in [1.165, 1.54) is 6.42 Å². The van der Waals surface area contributed by atoms with Crippen molar-refractivity contribution in [2.45, 2.75) is 44.1 Å². The number of aliphatic hydroxyl groups excluding tert-OH is 1. The Kier molecular flexibility index (Phi) is 3.97. The van der Waals surface area contributed by atoms with Crippen LogP contribution in [0.4, 0.5) is 0 Å². The van der Waals surface area contributed by atoms with Crippen LogP contribution >= 0.6 is 0 Å². The molecule has 1 amide bonds. The zero-order chi connectivity index (χ0) is 10.4. The molecule has 1 rings (SSSR count). The Morgan fingerprint density at radius 1 is 1.43 bits per heavy atom. The van der Waals surface area contributed by atoms with Crippen molar-refractivity contribution in [1.29, 1.82) is 0 Å². The zero-order valence-corrected chi connectivity index (χ0v) is 8.38. The van der Waals surface area contributed by atoms with Crippen molar-refractivity contribution in [3.63, 3.8) is 0 Å². The second-order valence-corrected chi connectivity index (χ2v) is 3.93. The smallest absolute Gasteiger partial charge is 0.232 e. The SMILES string of the molecule is C#CCC(=O)NC1(CO)CCCCC1. The van der Waals surface area contributed by atoms with Gasteiger partial charge in [-0.25, -0.2) is 0 Å². The van der Waals surface area contributed by atoms with Gasteiger partial charge in [0, 0.05) is 0 Å². The molecule has 1 fully saturated rings. The van der Waals surface area contributed by atoms with Crippen molar-refractivity contribution in [2.75, 3.05) is 6.61 Å². The van der Waals surface area contributed by atoms with Crippen LogP contribution in [0.2, 0.25) is 0 Å². The fourth-order valence-corrected chi connectivity index (χ4v) is 1.98. The fraction of sp³-hybridized carbons (Fsp3) is 0.727. The minimum absolute atomic E-state index is 0.0172. The highest BCUT2D eigenvalue weighted by molar-refractivity contribution is 5.79. The predicted octanol–water partition coefficient (Wildman–Crippen LogP) is 0.821. The fourth-order valence-electron chi connectivity index (χ4n) is 1.98. The number of hydrogen-bond donors (Lipinski definition) is 2. The van der Waals surface area contributed by atoms with Crippen LogP contribution in [0.3, 0.4) is 0 Å². The van der Waals surface area contributed by atoms with Crippen LogP contribution in [0.25, 0.3) is 0 Å². The first-order chi connectivity index (χ1) is 6.72. The van der Waals surface area contributed by atoms with Crippen molar-refractivity contribution in [2.24, 2.45) is 0 Å². The Balaban J connectivity index is 2.52. The summed E-state index contributed by atoms with van der Waals surface area (Å²) in [5, 5.41) is 12.1. The maximum atomic E-state index is 11.3. The van der Waals surface area contributed by atoms with E-state index in [9.17, 15) is 9.90 Å². The van der Waals surface area contributed by atoms with E-state index in [4.69, 9.17) is 6.42 Å². The zero-order valence-electron chi connectivity index (χ0n) is 8.38. The van der Waals surface area contributed by atoms with E-state index in [-0.39, 0.29) is 18.9 Å². The molecule has 0 aromatic rings. The first-order valence-electron chi connectivity index (χ1n) is 5.08. The molecule has 0 spiro atoms. The van der Waals surface area contributed by atoms with Gasteiger partial charge in [-0.05, 0) is 12.8 Å². The van der Waals surface area contributed by atoms with Crippen LogP contribution in [0.1, 0.15) is 38.5 Å². The van der Waals surface area contributed by atoms with Crippen LogP contribution in [0.5, 0.6) is 0 Å². The molecule has 1 saturated carbocycles. The van der Waals surface area contributed by atoms with Crippen LogP contribution in [0.15, 0.2) is 0 Å². The Bertz CT molecular complexity index is 236. The lowest BCUT2D eigenvalue weighted by Crippen LogP contribution is -2.52. The number of hydrogen-bond acceptors (Lipinski definition) is 2. The van der Waals surface area contributed by atoms with Crippen molar-refractivity contribution >= 4 is 5.91 Å². The normalized spacial score (nSPS) is 19.7. The van der Waals surface area contributed by atoms with Gasteiger partial charge in [0.05, 0.1) is 18.6 Å². The number of carbonyl (C=O) groups excluding carboxylic acids is 1. The van der Waals surface area contributed by atoms with Crippen LogP contribution < -0.4 is 5.32 Å². The van der Waals surface area contributed by atoms with Gasteiger partial charge in [-0.15, -0.1) is 6.42 Å². The highest BCUT2D eigenvalue weighted by Crippen LogP contribution is 2.27. The molecule has 0 aliphatic heterocycles. The molecule has 1 aliphatic rings. The van der Waals surface area contributed by atoms with Gasteiger partial charge < -0.3 is 10.4 Å². The lowest BCUT2D eigenvalue weighted by Gasteiger charge is -2.36. The topological polar surface area (TPSA) is 49.3 Å². The molecule has 0 unspecified atom stereocenters. The number of carbonyl (C=O) groups is 1. The third-order valence-electron chi connectivity index (χ3n) is 2.78. The van der Waals surface area contributed by atoms with E-state index in [0.29, 0.717) is 0 Å². The number of amides is 1. The maximum absolute atomic E-state index is 11.3. The van der Waals surface area contributed by atoms with Gasteiger partial charge in [-0.2, -0.15) is 0 Å². The largest absolute Gasteiger partial charge is 0.394 e. The van der Waals surface area contributed by atoms with Gasteiger partial charge in [-0.1, -0.05) is 25.2 Å². The summed E-state index contributed by atoms with van der Waals surface area (Å²) in [6, 6.07) is 0. The highest BCUT2D eigenvalue weighted by atomic mass is 16.3. The van der Waals surface area contributed by atoms with Gasteiger partial charge in [-0.3, -0.25) is 4.79 Å². The highest BCUT2D eigenvalue weighted by Gasteiger charge is 2.32. The number of aliphatic hydroxyl groups is 1. The number of rotatable bonds is 3.